The van der Waals surface area contributed by atoms with Gasteiger partial charge in [-0.1, -0.05) is 83.2 Å². The minimum atomic E-state index is 0. The van der Waals surface area contributed by atoms with Gasteiger partial charge < -0.3 is 14.4 Å². The quantitative estimate of drug-likeness (QED) is 0.163. The second-order valence-corrected chi connectivity index (χ2v) is 11.7. The Hall–Kier alpha value is -5.22. The summed E-state index contributed by atoms with van der Waals surface area (Å²) in [6, 6.07) is 47.4. The summed E-state index contributed by atoms with van der Waals surface area (Å²) in [4.78, 5) is 13.9. The van der Waals surface area contributed by atoms with Gasteiger partial charge in [0.1, 0.15) is 0 Å². The molecule has 4 aromatic heterocycles. The standard InChI is InChI=1S/C32H25N2O.C11H8N.Ir/c1-20-12-14-25(21(2)16-20)29-19-33-30(17-22(29)3)28-11-7-10-26-27-15-13-24(34-32(27)35-31(26)28)18-23-8-5-4-6-9-23;1-2-6-10(7-3-1)11-8-4-5-9-12-11;/h4-10,12-17,19H,18H2,1-3H3;1-6,8-9H;/q2*-1;. The zero-order valence-electron chi connectivity index (χ0n) is 27.0. The molecule has 4 heterocycles. The molecule has 0 saturated carbocycles. The molecule has 0 bridgehead atoms. The average molecular weight is 800 g/mol. The van der Waals surface area contributed by atoms with Crippen molar-refractivity contribution in [1.29, 1.82) is 0 Å². The van der Waals surface area contributed by atoms with Gasteiger partial charge >= 0.3 is 0 Å². The van der Waals surface area contributed by atoms with Gasteiger partial charge in [0.05, 0.1) is 5.58 Å². The van der Waals surface area contributed by atoms with E-state index in [1.165, 1.54) is 27.8 Å². The minimum absolute atomic E-state index is 0. The van der Waals surface area contributed by atoms with Crippen molar-refractivity contribution in [3.05, 3.63) is 174 Å². The van der Waals surface area contributed by atoms with Crippen LogP contribution in [0.25, 0.3) is 55.7 Å². The van der Waals surface area contributed by atoms with Crippen LogP contribution < -0.4 is 0 Å². The summed E-state index contributed by atoms with van der Waals surface area (Å²) in [5.41, 5.74) is 13.4. The molecule has 0 atom stereocenters. The summed E-state index contributed by atoms with van der Waals surface area (Å²) in [6.07, 6.45) is 4.53. The Labute approximate surface area is 294 Å². The Bertz CT molecular complexity index is 2260. The molecular formula is C43H33IrN3O-2. The molecule has 8 rings (SSSR count). The molecule has 8 aromatic rings. The predicted octanol–water partition coefficient (Wildman–Crippen LogP) is 10.6. The first kappa shape index (κ1) is 32.7. The molecule has 0 amide bonds. The van der Waals surface area contributed by atoms with Crippen molar-refractivity contribution in [2.75, 3.05) is 0 Å². The van der Waals surface area contributed by atoms with E-state index in [0.717, 1.165) is 56.5 Å². The van der Waals surface area contributed by atoms with Crippen molar-refractivity contribution in [2.24, 2.45) is 0 Å². The van der Waals surface area contributed by atoms with Crippen LogP contribution in [0.2, 0.25) is 0 Å². The summed E-state index contributed by atoms with van der Waals surface area (Å²) < 4.78 is 6.32. The van der Waals surface area contributed by atoms with Crippen molar-refractivity contribution in [1.82, 2.24) is 15.0 Å². The van der Waals surface area contributed by atoms with Gasteiger partial charge in [-0.3, -0.25) is 0 Å². The molecule has 0 spiro atoms. The number of benzene rings is 4. The van der Waals surface area contributed by atoms with Crippen molar-refractivity contribution in [3.63, 3.8) is 0 Å². The van der Waals surface area contributed by atoms with Crippen LogP contribution in [0.1, 0.15) is 27.9 Å². The second kappa shape index (κ2) is 14.7. The van der Waals surface area contributed by atoms with Crippen LogP contribution >= 0.6 is 0 Å². The average Bonchev–Trinajstić information content (AvgIpc) is 3.48. The first-order valence-corrected chi connectivity index (χ1v) is 15.7. The molecule has 0 fully saturated rings. The van der Waals surface area contributed by atoms with E-state index in [1.54, 1.807) is 6.20 Å². The number of hydrogen-bond donors (Lipinski definition) is 0. The van der Waals surface area contributed by atoms with E-state index in [0.29, 0.717) is 5.71 Å². The Kier molecular flexibility index (Phi) is 10.0. The van der Waals surface area contributed by atoms with Gasteiger partial charge in [-0.05, 0) is 72.6 Å². The molecule has 1 radical (unpaired) electrons. The van der Waals surface area contributed by atoms with E-state index >= 15 is 0 Å². The molecule has 0 unspecified atom stereocenters. The van der Waals surface area contributed by atoms with E-state index in [2.05, 4.69) is 98.6 Å². The van der Waals surface area contributed by atoms with Crippen molar-refractivity contribution < 1.29 is 24.5 Å². The molecule has 0 aliphatic carbocycles. The molecule has 0 aliphatic rings. The number of hydrogen-bond acceptors (Lipinski definition) is 4. The maximum atomic E-state index is 6.32. The van der Waals surface area contributed by atoms with Crippen LogP contribution in [0.5, 0.6) is 0 Å². The van der Waals surface area contributed by atoms with Gasteiger partial charge in [-0.2, -0.15) is 0 Å². The number of furan rings is 1. The SMILES string of the molecule is Cc1ccc(-c2cnc(-c3[c-]ccc4c3oc3nc(Cc5ccccc5)ccc34)cc2C)c(C)c1.[Ir].[c-]1ccccc1-c1ccccn1. The van der Waals surface area contributed by atoms with E-state index in [-0.39, 0.29) is 20.1 Å². The molecule has 4 aromatic carbocycles. The molecule has 48 heavy (non-hydrogen) atoms. The van der Waals surface area contributed by atoms with Gasteiger partial charge in [0.15, 0.2) is 0 Å². The van der Waals surface area contributed by atoms with Crippen LogP contribution in [0, 0.1) is 32.9 Å². The van der Waals surface area contributed by atoms with Gasteiger partial charge in [0.2, 0.25) is 5.71 Å². The molecule has 0 aliphatic heterocycles. The Morgan fingerprint density at radius 2 is 1.46 bits per heavy atom. The molecule has 237 valence electrons. The van der Waals surface area contributed by atoms with Crippen molar-refractivity contribution >= 4 is 22.1 Å². The van der Waals surface area contributed by atoms with Crippen LogP contribution in [0.15, 0.2) is 138 Å². The summed E-state index contributed by atoms with van der Waals surface area (Å²) in [5.74, 6) is 0. The first-order valence-electron chi connectivity index (χ1n) is 15.7. The van der Waals surface area contributed by atoms with Crippen molar-refractivity contribution in [3.8, 4) is 33.6 Å². The Morgan fingerprint density at radius 1 is 0.646 bits per heavy atom. The minimum Gasteiger partial charge on any atom is -0.486 e. The number of fused-ring (bicyclic) bond motifs is 3. The third-order valence-electron chi connectivity index (χ3n) is 8.27. The zero-order valence-corrected chi connectivity index (χ0v) is 29.4. The monoisotopic (exact) mass is 800 g/mol. The number of pyridine rings is 3. The smallest absolute Gasteiger partial charge is 0.216 e. The molecule has 0 saturated heterocycles. The van der Waals surface area contributed by atoms with E-state index in [9.17, 15) is 0 Å². The number of aryl methyl sites for hydroxylation is 3. The number of nitrogens with zero attached hydrogens (tertiary/aromatic N) is 3. The number of aromatic nitrogens is 3. The van der Waals surface area contributed by atoms with E-state index < -0.39 is 0 Å². The van der Waals surface area contributed by atoms with Crippen LogP contribution in [-0.2, 0) is 26.5 Å². The summed E-state index contributed by atoms with van der Waals surface area (Å²) in [6.45, 7) is 6.40. The Morgan fingerprint density at radius 3 is 2.21 bits per heavy atom. The largest absolute Gasteiger partial charge is 0.486 e. The third kappa shape index (κ3) is 7.03. The fraction of sp³-hybridized carbons (Fsp3) is 0.0930. The maximum absolute atomic E-state index is 6.32. The van der Waals surface area contributed by atoms with Gasteiger partial charge in [-0.25, -0.2) is 4.98 Å². The maximum Gasteiger partial charge on any atom is 0.216 e. The van der Waals surface area contributed by atoms with Gasteiger partial charge in [0.25, 0.3) is 0 Å². The first-order chi connectivity index (χ1) is 23.0. The second-order valence-electron chi connectivity index (χ2n) is 11.7. The normalized spacial score (nSPS) is 10.7. The Balaban J connectivity index is 0.000000260. The third-order valence-corrected chi connectivity index (χ3v) is 8.27. The number of rotatable bonds is 5. The van der Waals surface area contributed by atoms with Crippen LogP contribution in [0.3, 0.4) is 0 Å². The molecule has 0 N–H and O–H groups in total. The summed E-state index contributed by atoms with van der Waals surface area (Å²) in [5, 5.41) is 2.04. The fourth-order valence-electron chi connectivity index (χ4n) is 5.92. The fourth-order valence-corrected chi connectivity index (χ4v) is 5.92. The van der Waals surface area contributed by atoms with E-state index in [1.807, 2.05) is 66.9 Å². The molecular weight excluding hydrogens is 767 g/mol. The van der Waals surface area contributed by atoms with Gasteiger partial charge in [-0.15, -0.1) is 54.1 Å². The van der Waals surface area contributed by atoms with Gasteiger partial charge in [0, 0.05) is 55.6 Å². The topological polar surface area (TPSA) is 51.8 Å². The predicted molar refractivity (Wildman–Crippen MR) is 191 cm³/mol. The van der Waals surface area contributed by atoms with E-state index in [4.69, 9.17) is 14.4 Å². The van der Waals surface area contributed by atoms with Crippen LogP contribution in [-0.4, -0.2) is 15.0 Å². The van der Waals surface area contributed by atoms with Crippen LogP contribution in [0.4, 0.5) is 0 Å². The summed E-state index contributed by atoms with van der Waals surface area (Å²) >= 11 is 0. The summed E-state index contributed by atoms with van der Waals surface area (Å²) in [7, 11) is 0. The van der Waals surface area contributed by atoms with Crippen molar-refractivity contribution in [2.45, 2.75) is 27.2 Å². The molecule has 4 nitrogen and oxygen atoms in total. The zero-order chi connectivity index (χ0) is 32.2. The molecule has 5 heteroatoms.